The zero-order valence-electron chi connectivity index (χ0n) is 21.9. The maximum Gasteiger partial charge on any atom is 0.416 e. The van der Waals surface area contributed by atoms with Crippen LogP contribution in [-0.2, 0) is 11.0 Å². The second-order valence-electron chi connectivity index (χ2n) is 9.28. The van der Waals surface area contributed by atoms with Crippen molar-refractivity contribution in [2.75, 3.05) is 25.0 Å². The van der Waals surface area contributed by atoms with Crippen LogP contribution in [0.3, 0.4) is 0 Å². The van der Waals surface area contributed by atoms with Crippen LogP contribution in [0.25, 0.3) is 11.4 Å². The minimum Gasteiger partial charge on any atom is -0.335 e. The number of hydrogen-bond acceptors (Lipinski definition) is 5. The van der Waals surface area contributed by atoms with E-state index < -0.39 is 17.8 Å². The van der Waals surface area contributed by atoms with Gasteiger partial charge in [0.2, 0.25) is 6.41 Å². The Kier molecular flexibility index (Phi) is 8.55. The molecule has 0 unspecified atom stereocenters. The summed E-state index contributed by atoms with van der Waals surface area (Å²) in [5.41, 5.74) is 0.949. The average molecular weight is 552 g/mol. The van der Waals surface area contributed by atoms with Crippen molar-refractivity contribution in [1.29, 1.82) is 5.26 Å². The van der Waals surface area contributed by atoms with Gasteiger partial charge in [0.1, 0.15) is 0 Å². The summed E-state index contributed by atoms with van der Waals surface area (Å²) in [5, 5.41) is 19.8. The number of alkyl halides is 3. The predicted molar refractivity (Wildman–Crippen MR) is 143 cm³/mol. The number of halogens is 3. The highest BCUT2D eigenvalue weighted by Gasteiger charge is 2.32. The molecule has 1 aliphatic rings. The third kappa shape index (κ3) is 6.16. The molecule has 2 N–H and O–H groups in total. The number of urea groups is 1. The highest BCUT2D eigenvalue weighted by Crippen LogP contribution is 2.34. The first-order valence-electron chi connectivity index (χ1n) is 12.6. The van der Waals surface area contributed by atoms with E-state index in [1.165, 1.54) is 35.0 Å². The monoisotopic (exact) mass is 551 g/mol. The third-order valence-corrected chi connectivity index (χ3v) is 6.69. The molecule has 0 radical (unpaired) electrons. The maximum absolute atomic E-state index is 13.5. The first-order chi connectivity index (χ1) is 19.1. The van der Waals surface area contributed by atoms with Crippen LogP contribution in [0.1, 0.15) is 36.6 Å². The van der Waals surface area contributed by atoms with Crippen LogP contribution in [0.2, 0.25) is 0 Å². The van der Waals surface area contributed by atoms with Crippen LogP contribution in [0.15, 0.2) is 66.5 Å². The summed E-state index contributed by atoms with van der Waals surface area (Å²) in [6.07, 6.45) is -1.21. The van der Waals surface area contributed by atoms with E-state index in [4.69, 9.17) is 5.26 Å². The molecule has 0 atom stereocenters. The largest absolute Gasteiger partial charge is 0.416 e. The Morgan fingerprint density at radius 2 is 1.88 bits per heavy atom. The fraction of sp³-hybridized carbons (Fsp3) is 0.286. The number of carbonyl (C=O) groups excluding carboxylic acids is 2. The van der Waals surface area contributed by atoms with Crippen molar-refractivity contribution in [3.63, 3.8) is 0 Å². The lowest BCUT2D eigenvalue weighted by atomic mass is 10.1. The summed E-state index contributed by atoms with van der Waals surface area (Å²) >= 11 is 0. The Morgan fingerprint density at radius 1 is 1.18 bits per heavy atom. The van der Waals surface area contributed by atoms with Crippen molar-refractivity contribution in [2.24, 2.45) is 0 Å². The molecule has 0 bridgehead atoms. The molecule has 1 aromatic heterocycles. The lowest BCUT2D eigenvalue weighted by Crippen LogP contribution is -2.47. The van der Waals surface area contributed by atoms with Crippen molar-refractivity contribution in [2.45, 2.75) is 32.0 Å². The first-order valence-corrected chi connectivity index (χ1v) is 12.6. The number of anilines is 1. The van der Waals surface area contributed by atoms with Crippen molar-refractivity contribution >= 4 is 23.8 Å². The van der Waals surface area contributed by atoms with Crippen molar-refractivity contribution in [3.05, 3.63) is 83.3 Å². The quantitative estimate of drug-likeness (QED) is 0.421. The van der Waals surface area contributed by atoms with E-state index >= 15 is 0 Å². The molecule has 4 rings (SSSR count). The van der Waals surface area contributed by atoms with Gasteiger partial charge in [0.15, 0.2) is 0 Å². The molecule has 2 aromatic carbocycles. The molecule has 3 aromatic rings. The zero-order chi connectivity index (χ0) is 28.9. The number of hydrogen-bond donors (Lipinski definition) is 2. The van der Waals surface area contributed by atoms with Gasteiger partial charge in [-0.05, 0) is 81.4 Å². The van der Waals surface area contributed by atoms with E-state index in [2.05, 4.69) is 21.8 Å². The van der Waals surface area contributed by atoms with Crippen molar-refractivity contribution in [1.82, 2.24) is 25.3 Å². The molecule has 0 saturated carbocycles. The van der Waals surface area contributed by atoms with Crippen LogP contribution in [0, 0.1) is 11.3 Å². The molecule has 3 amide bonds. The van der Waals surface area contributed by atoms with E-state index in [1.807, 2.05) is 0 Å². The summed E-state index contributed by atoms with van der Waals surface area (Å²) in [7, 11) is 1.53. The normalized spacial score (nSPS) is 14.6. The fourth-order valence-electron chi connectivity index (χ4n) is 4.58. The lowest BCUT2D eigenvalue weighted by Gasteiger charge is -2.31. The van der Waals surface area contributed by atoms with Crippen molar-refractivity contribution in [3.8, 4) is 11.8 Å². The SMILES string of the molecule is C/C(=C(\c1ccnn1-c1ccc(C#N)cc1)N(C)C(=O)NC1CCNCC1)N(C=O)c1cccc(C(F)(F)F)c1. The second-order valence-corrected chi connectivity index (χ2v) is 9.28. The van der Waals surface area contributed by atoms with Gasteiger partial charge < -0.3 is 10.6 Å². The standard InChI is InChI=1S/C28H28F3N7O2/c1-19(37(18-39)24-5-3-4-21(16-24)28(29,30)31)26(36(2)27(40)35-22-10-13-33-14-11-22)25-12-15-34-38(25)23-8-6-20(17-32)7-9-23/h3-9,12,15-16,18,22,33H,10-11,13-14H2,1-2H3,(H,35,40)/b26-19-. The van der Waals surface area contributed by atoms with Gasteiger partial charge in [-0.3, -0.25) is 14.6 Å². The van der Waals surface area contributed by atoms with Gasteiger partial charge in [-0.25, -0.2) is 9.48 Å². The highest BCUT2D eigenvalue weighted by molar-refractivity contribution is 5.91. The lowest BCUT2D eigenvalue weighted by molar-refractivity contribution is -0.137. The number of amides is 3. The predicted octanol–water partition coefficient (Wildman–Crippen LogP) is 4.51. The van der Waals surface area contributed by atoms with Gasteiger partial charge in [-0.15, -0.1) is 0 Å². The number of aromatic nitrogens is 2. The smallest absolute Gasteiger partial charge is 0.335 e. The molecule has 1 fully saturated rings. The number of nitrogens with zero attached hydrogens (tertiary/aromatic N) is 5. The van der Waals surface area contributed by atoms with Gasteiger partial charge in [0.05, 0.1) is 40.5 Å². The second kappa shape index (κ2) is 12.0. The zero-order valence-corrected chi connectivity index (χ0v) is 21.9. The van der Waals surface area contributed by atoms with E-state index in [-0.39, 0.29) is 23.1 Å². The molecule has 12 heteroatoms. The molecule has 208 valence electrons. The fourth-order valence-corrected chi connectivity index (χ4v) is 4.58. The van der Waals surface area contributed by atoms with E-state index in [9.17, 15) is 22.8 Å². The van der Waals surface area contributed by atoms with Crippen molar-refractivity contribution < 1.29 is 22.8 Å². The Morgan fingerprint density at radius 3 is 2.50 bits per heavy atom. The van der Waals surface area contributed by atoms with Crippen LogP contribution >= 0.6 is 0 Å². The van der Waals surface area contributed by atoms with Gasteiger partial charge in [0.25, 0.3) is 0 Å². The van der Waals surface area contributed by atoms with Gasteiger partial charge in [-0.1, -0.05) is 6.07 Å². The minimum absolute atomic E-state index is 0.0172. The molecule has 0 aliphatic carbocycles. The average Bonchev–Trinajstić information content (AvgIpc) is 3.43. The Hall–Kier alpha value is -4.63. The van der Waals surface area contributed by atoms with Gasteiger partial charge in [0, 0.05) is 24.5 Å². The number of piperidine rings is 1. The molecule has 1 saturated heterocycles. The number of nitriles is 1. The Balaban J connectivity index is 1.83. The molecular formula is C28H28F3N7O2. The molecule has 1 aliphatic heterocycles. The summed E-state index contributed by atoms with van der Waals surface area (Å²) < 4.78 is 41.9. The third-order valence-electron chi connectivity index (χ3n) is 6.69. The van der Waals surface area contributed by atoms with E-state index in [0.717, 1.165) is 43.0 Å². The summed E-state index contributed by atoms with van der Waals surface area (Å²) in [5.74, 6) is 0. The first kappa shape index (κ1) is 28.4. The molecular weight excluding hydrogens is 523 g/mol. The summed E-state index contributed by atoms with van der Waals surface area (Å²) in [6, 6.07) is 14.2. The van der Waals surface area contributed by atoms with Crippen LogP contribution in [0.4, 0.5) is 23.7 Å². The van der Waals surface area contributed by atoms with E-state index in [0.29, 0.717) is 23.4 Å². The highest BCUT2D eigenvalue weighted by atomic mass is 19.4. The van der Waals surface area contributed by atoms with Crippen LogP contribution in [0.5, 0.6) is 0 Å². The minimum atomic E-state index is -4.61. The number of benzene rings is 2. The summed E-state index contributed by atoms with van der Waals surface area (Å²) in [6.45, 7) is 3.07. The maximum atomic E-state index is 13.5. The van der Waals surface area contributed by atoms with Gasteiger partial charge >= 0.3 is 12.2 Å². The topological polar surface area (TPSA) is 106 Å². The van der Waals surface area contributed by atoms with Crippen LogP contribution in [-0.4, -0.2) is 53.3 Å². The molecule has 9 nitrogen and oxygen atoms in total. The number of carbonyl (C=O) groups is 2. The Labute approximate surface area is 229 Å². The Bertz CT molecular complexity index is 1440. The van der Waals surface area contributed by atoms with E-state index in [1.54, 1.807) is 37.3 Å². The summed E-state index contributed by atoms with van der Waals surface area (Å²) in [4.78, 5) is 28.2. The van der Waals surface area contributed by atoms with Crippen LogP contribution < -0.4 is 15.5 Å². The molecule has 0 spiro atoms. The number of nitrogens with one attached hydrogen (secondary N) is 2. The number of rotatable bonds is 7. The molecule has 40 heavy (non-hydrogen) atoms. The van der Waals surface area contributed by atoms with Gasteiger partial charge in [-0.2, -0.15) is 23.5 Å². The number of allylic oxidation sites excluding steroid dienone is 1. The molecule has 2 heterocycles.